The maximum Gasteiger partial charge on any atom is 0.143 e. The SMILES string of the molecule is c1ccc2cc(-c3ccc(N(c4ccc(-c5cccc6oc7ccccc7c56)cc4)c4ccc(-c5cccc6oc7c8ccccc8ccc7c56)cc4)cc3)ccc2c1. The number of fused-ring (bicyclic) bond motifs is 9. The summed E-state index contributed by atoms with van der Waals surface area (Å²) in [5.41, 5.74) is 13.8. The highest BCUT2D eigenvalue weighted by atomic mass is 16.3. The number of rotatable bonds is 6. The molecule has 12 rings (SSSR count). The van der Waals surface area contributed by atoms with Crippen LogP contribution in [0.5, 0.6) is 0 Å². The highest BCUT2D eigenvalue weighted by Gasteiger charge is 2.18. The van der Waals surface area contributed by atoms with Crippen molar-refractivity contribution >= 4 is 82.5 Å². The van der Waals surface area contributed by atoms with Gasteiger partial charge in [-0.3, -0.25) is 0 Å². The van der Waals surface area contributed by atoms with Crippen molar-refractivity contribution in [2.75, 3.05) is 4.90 Å². The lowest BCUT2D eigenvalue weighted by molar-refractivity contribution is 0.669. The van der Waals surface area contributed by atoms with Gasteiger partial charge >= 0.3 is 0 Å². The first-order chi connectivity index (χ1) is 29.2. The minimum absolute atomic E-state index is 0.894. The summed E-state index contributed by atoms with van der Waals surface area (Å²) >= 11 is 0. The lowest BCUT2D eigenvalue weighted by Crippen LogP contribution is -2.09. The fourth-order valence-corrected chi connectivity index (χ4v) is 9.01. The van der Waals surface area contributed by atoms with Gasteiger partial charge in [0.2, 0.25) is 0 Å². The molecule has 0 bridgehead atoms. The average molecular weight is 754 g/mol. The molecule has 0 aliphatic rings. The van der Waals surface area contributed by atoms with Crippen LogP contribution in [0.3, 0.4) is 0 Å². The summed E-state index contributed by atoms with van der Waals surface area (Å²) in [6.45, 7) is 0. The van der Waals surface area contributed by atoms with Crippen molar-refractivity contribution in [1.82, 2.24) is 0 Å². The van der Waals surface area contributed by atoms with E-state index in [0.29, 0.717) is 0 Å². The van der Waals surface area contributed by atoms with E-state index in [1.807, 2.05) is 12.1 Å². The van der Waals surface area contributed by atoms with Crippen molar-refractivity contribution < 1.29 is 8.83 Å². The molecule has 2 heterocycles. The van der Waals surface area contributed by atoms with Gasteiger partial charge < -0.3 is 13.7 Å². The van der Waals surface area contributed by atoms with Crippen LogP contribution in [0, 0.1) is 0 Å². The summed E-state index contributed by atoms with van der Waals surface area (Å²) < 4.78 is 12.8. The third-order valence-corrected chi connectivity index (χ3v) is 11.9. The predicted molar refractivity (Wildman–Crippen MR) is 247 cm³/mol. The first-order valence-corrected chi connectivity index (χ1v) is 20.1. The van der Waals surface area contributed by atoms with Crippen LogP contribution in [0.15, 0.2) is 221 Å². The number of para-hydroxylation sites is 1. The quantitative estimate of drug-likeness (QED) is 0.169. The van der Waals surface area contributed by atoms with E-state index in [1.54, 1.807) is 0 Å². The van der Waals surface area contributed by atoms with Crippen LogP contribution in [-0.2, 0) is 0 Å². The summed E-state index contributed by atoms with van der Waals surface area (Å²) in [6.07, 6.45) is 0. The lowest BCUT2D eigenvalue weighted by atomic mass is 9.97. The van der Waals surface area contributed by atoms with Gasteiger partial charge in [0.05, 0.1) is 0 Å². The Balaban J connectivity index is 0.958. The van der Waals surface area contributed by atoms with E-state index in [2.05, 4.69) is 205 Å². The van der Waals surface area contributed by atoms with E-state index in [-0.39, 0.29) is 0 Å². The van der Waals surface area contributed by atoms with Gasteiger partial charge in [-0.2, -0.15) is 0 Å². The molecule has 3 heteroatoms. The topological polar surface area (TPSA) is 29.5 Å². The second-order valence-electron chi connectivity index (χ2n) is 15.3. The summed E-state index contributed by atoms with van der Waals surface area (Å²) in [5.74, 6) is 0. The third kappa shape index (κ3) is 5.51. The zero-order valence-electron chi connectivity index (χ0n) is 32.0. The molecule has 0 N–H and O–H groups in total. The molecule has 0 saturated carbocycles. The first-order valence-electron chi connectivity index (χ1n) is 20.1. The fraction of sp³-hybridized carbons (Fsp3) is 0. The Kier molecular flexibility index (Phi) is 7.54. The highest BCUT2D eigenvalue weighted by Crippen LogP contribution is 2.43. The van der Waals surface area contributed by atoms with E-state index < -0.39 is 0 Å². The van der Waals surface area contributed by atoms with Gasteiger partial charge in [-0.1, -0.05) is 146 Å². The Morgan fingerprint density at radius 1 is 0.288 bits per heavy atom. The molecule has 12 aromatic rings. The van der Waals surface area contributed by atoms with Gasteiger partial charge in [0.1, 0.15) is 22.3 Å². The van der Waals surface area contributed by atoms with Gasteiger partial charge in [-0.15, -0.1) is 0 Å². The molecule has 0 fully saturated rings. The van der Waals surface area contributed by atoms with Crippen LogP contribution in [0.4, 0.5) is 17.1 Å². The monoisotopic (exact) mass is 753 g/mol. The largest absolute Gasteiger partial charge is 0.456 e. The van der Waals surface area contributed by atoms with Crippen molar-refractivity contribution in [2.24, 2.45) is 0 Å². The second-order valence-corrected chi connectivity index (χ2v) is 15.3. The van der Waals surface area contributed by atoms with Crippen molar-refractivity contribution in [3.63, 3.8) is 0 Å². The molecule has 59 heavy (non-hydrogen) atoms. The van der Waals surface area contributed by atoms with Crippen molar-refractivity contribution in [2.45, 2.75) is 0 Å². The number of benzene rings is 10. The zero-order valence-corrected chi connectivity index (χ0v) is 32.0. The molecule has 3 nitrogen and oxygen atoms in total. The molecular formula is C56H35NO2. The molecule has 0 amide bonds. The summed E-state index contributed by atoms with van der Waals surface area (Å²) in [6, 6.07) is 75.8. The molecule has 276 valence electrons. The Morgan fingerprint density at radius 2 is 0.780 bits per heavy atom. The van der Waals surface area contributed by atoms with Crippen LogP contribution in [0.2, 0.25) is 0 Å². The van der Waals surface area contributed by atoms with Crippen LogP contribution < -0.4 is 4.90 Å². The number of nitrogens with zero attached hydrogens (tertiary/aromatic N) is 1. The predicted octanol–water partition coefficient (Wildman–Crippen LogP) is 16.3. The molecule has 0 aliphatic carbocycles. The van der Waals surface area contributed by atoms with Crippen molar-refractivity contribution in [3.05, 3.63) is 212 Å². The Morgan fingerprint density at radius 3 is 1.46 bits per heavy atom. The van der Waals surface area contributed by atoms with Crippen LogP contribution in [0.1, 0.15) is 0 Å². The summed E-state index contributed by atoms with van der Waals surface area (Å²) in [7, 11) is 0. The van der Waals surface area contributed by atoms with E-state index in [9.17, 15) is 0 Å². The molecular weight excluding hydrogens is 719 g/mol. The van der Waals surface area contributed by atoms with Gasteiger partial charge in [0.25, 0.3) is 0 Å². The smallest absolute Gasteiger partial charge is 0.143 e. The van der Waals surface area contributed by atoms with Crippen LogP contribution >= 0.6 is 0 Å². The Hall–Kier alpha value is -7.88. The number of hydrogen-bond donors (Lipinski definition) is 0. The van der Waals surface area contributed by atoms with E-state index >= 15 is 0 Å². The lowest BCUT2D eigenvalue weighted by Gasteiger charge is -2.26. The minimum atomic E-state index is 0.894. The van der Waals surface area contributed by atoms with E-state index in [0.717, 1.165) is 88.6 Å². The van der Waals surface area contributed by atoms with Crippen molar-refractivity contribution in [1.29, 1.82) is 0 Å². The van der Waals surface area contributed by atoms with Gasteiger partial charge in [0.15, 0.2) is 0 Å². The molecule has 2 aromatic heterocycles. The van der Waals surface area contributed by atoms with Crippen molar-refractivity contribution in [3.8, 4) is 33.4 Å². The minimum Gasteiger partial charge on any atom is -0.456 e. The molecule has 0 aliphatic heterocycles. The molecule has 0 radical (unpaired) electrons. The molecule has 0 saturated heterocycles. The normalized spacial score (nSPS) is 11.7. The molecule has 0 atom stereocenters. The van der Waals surface area contributed by atoms with Gasteiger partial charge in [-0.05, 0) is 116 Å². The van der Waals surface area contributed by atoms with Gasteiger partial charge in [-0.25, -0.2) is 0 Å². The average Bonchev–Trinajstić information content (AvgIpc) is 3.89. The second kappa shape index (κ2) is 13.4. The van der Waals surface area contributed by atoms with E-state index in [4.69, 9.17) is 8.83 Å². The summed E-state index contributed by atoms with van der Waals surface area (Å²) in [4.78, 5) is 2.34. The number of hydrogen-bond acceptors (Lipinski definition) is 3. The first kappa shape index (κ1) is 33.3. The molecule has 0 spiro atoms. The standard InChI is InChI=1S/C56H35NO2/c1-2-11-41-35-42(20-19-36(41)9-1)37-21-28-43(29-22-37)57(44-30-23-39(24-31-44)46-14-7-17-52-54(46)49-13-5-6-16-51(49)58-52)45-32-25-40(26-33-45)47-15-8-18-53-55(47)50-34-27-38-10-3-4-12-48(38)56(50)59-53/h1-35H. The maximum absolute atomic E-state index is 6.54. The Labute approximate surface area is 340 Å². The zero-order chi connectivity index (χ0) is 38.9. The third-order valence-electron chi connectivity index (χ3n) is 11.9. The number of furan rings is 2. The summed E-state index contributed by atoms with van der Waals surface area (Å²) in [5, 5.41) is 9.32. The maximum atomic E-state index is 6.54. The molecule has 0 unspecified atom stereocenters. The fourth-order valence-electron chi connectivity index (χ4n) is 9.01. The molecule has 10 aromatic carbocycles. The number of anilines is 3. The van der Waals surface area contributed by atoms with Crippen LogP contribution in [-0.4, -0.2) is 0 Å². The van der Waals surface area contributed by atoms with E-state index in [1.165, 1.54) is 27.3 Å². The highest BCUT2D eigenvalue weighted by molar-refractivity contribution is 6.19. The van der Waals surface area contributed by atoms with Gasteiger partial charge in [0, 0.05) is 44.0 Å². The van der Waals surface area contributed by atoms with Crippen LogP contribution in [0.25, 0.3) is 98.8 Å². The Bertz CT molecular complexity index is 3540.